The fourth-order valence-corrected chi connectivity index (χ4v) is 6.85. The molecule has 3 atom stereocenters. The van der Waals surface area contributed by atoms with Gasteiger partial charge in [0.1, 0.15) is 15.5 Å². The molecule has 3 N–H and O–H groups in total. The first-order valence-electron chi connectivity index (χ1n) is 11.7. The lowest BCUT2D eigenvalue weighted by Gasteiger charge is -2.34. The quantitative estimate of drug-likeness (QED) is 0.631. The lowest BCUT2D eigenvalue weighted by Crippen LogP contribution is -2.39. The van der Waals surface area contributed by atoms with E-state index in [1.165, 1.54) is 41.9 Å². The van der Waals surface area contributed by atoms with Crippen molar-refractivity contribution >= 4 is 39.0 Å². The molecular weight excluding hydrogens is 418 g/mol. The number of piperidine rings is 1. The molecule has 0 radical (unpaired) electrons. The SMILES string of the molecule is Cc1ccc2c(N)c(C(=O)N[C@H]3CCc4nc(N5CC6CCC(C6)C5)ccc4C3)sc2n1. The molecule has 2 fully saturated rings. The molecule has 166 valence electrons. The van der Waals surface area contributed by atoms with Gasteiger partial charge in [-0.1, -0.05) is 6.07 Å². The number of anilines is 2. The van der Waals surface area contributed by atoms with Crippen molar-refractivity contribution in [2.75, 3.05) is 23.7 Å². The number of nitrogens with zero attached hydrogens (tertiary/aromatic N) is 3. The first-order chi connectivity index (χ1) is 15.5. The number of carbonyl (C=O) groups excluding carboxylic acids is 1. The topological polar surface area (TPSA) is 84.1 Å². The molecule has 6 nitrogen and oxygen atoms in total. The van der Waals surface area contributed by atoms with Crippen molar-refractivity contribution in [1.82, 2.24) is 15.3 Å². The van der Waals surface area contributed by atoms with Crippen LogP contribution in [0.25, 0.3) is 10.2 Å². The molecule has 6 rings (SSSR count). The Labute approximate surface area is 192 Å². The number of thiophene rings is 1. The standard InChI is InChI=1S/C25H29N5OS/c1-14-2-7-19-22(26)23(32-25(19)27-14)24(31)28-18-6-8-20-17(11-18)5-9-21(29-20)30-12-15-3-4-16(10-15)13-30/h2,5,7,9,15-16,18H,3-4,6,8,10-13,26H2,1H3,(H,28,31)/t15?,16?,18-/m0/s1. The van der Waals surface area contributed by atoms with Gasteiger partial charge >= 0.3 is 0 Å². The smallest absolute Gasteiger partial charge is 0.263 e. The monoisotopic (exact) mass is 447 g/mol. The second-order valence-electron chi connectivity index (χ2n) is 9.79. The van der Waals surface area contributed by atoms with E-state index >= 15 is 0 Å². The summed E-state index contributed by atoms with van der Waals surface area (Å²) >= 11 is 1.38. The molecule has 4 heterocycles. The lowest BCUT2D eigenvalue weighted by molar-refractivity contribution is 0.0938. The van der Waals surface area contributed by atoms with Crippen molar-refractivity contribution in [3.63, 3.8) is 0 Å². The molecule has 2 aliphatic carbocycles. The highest BCUT2D eigenvalue weighted by molar-refractivity contribution is 7.21. The van der Waals surface area contributed by atoms with Crippen LogP contribution in [0.4, 0.5) is 11.5 Å². The largest absolute Gasteiger partial charge is 0.397 e. The number of aromatic nitrogens is 2. The van der Waals surface area contributed by atoms with Crippen LogP contribution >= 0.6 is 11.3 Å². The number of fused-ring (bicyclic) bond motifs is 4. The fourth-order valence-electron chi connectivity index (χ4n) is 5.80. The Morgan fingerprint density at radius 2 is 1.94 bits per heavy atom. The fraction of sp³-hybridized carbons (Fsp3) is 0.480. The molecule has 2 bridgehead atoms. The minimum absolute atomic E-state index is 0.0926. The third-order valence-electron chi connectivity index (χ3n) is 7.46. The van der Waals surface area contributed by atoms with Gasteiger partial charge in [0, 0.05) is 35.9 Å². The summed E-state index contributed by atoms with van der Waals surface area (Å²) < 4.78 is 0. The van der Waals surface area contributed by atoms with Gasteiger partial charge in [0.25, 0.3) is 5.91 Å². The average molecular weight is 448 g/mol. The number of aryl methyl sites for hydroxylation is 2. The minimum atomic E-state index is -0.0926. The third kappa shape index (κ3) is 3.52. The Morgan fingerprint density at radius 1 is 1.12 bits per heavy atom. The Kier molecular flexibility index (Phi) is 4.82. The number of carbonyl (C=O) groups is 1. The molecule has 1 saturated heterocycles. The van der Waals surface area contributed by atoms with Crippen molar-refractivity contribution in [1.29, 1.82) is 0 Å². The predicted molar refractivity (Wildman–Crippen MR) is 129 cm³/mol. The first kappa shape index (κ1) is 20.0. The molecule has 0 spiro atoms. The molecular formula is C25H29N5OS. The van der Waals surface area contributed by atoms with E-state index in [2.05, 4.69) is 27.3 Å². The molecule has 0 aromatic carbocycles. The summed E-state index contributed by atoms with van der Waals surface area (Å²) in [6, 6.07) is 8.40. The number of amides is 1. The molecule has 1 amide bonds. The van der Waals surface area contributed by atoms with E-state index in [0.717, 1.165) is 65.9 Å². The zero-order valence-corrected chi connectivity index (χ0v) is 19.3. The van der Waals surface area contributed by atoms with Crippen LogP contribution in [-0.4, -0.2) is 35.0 Å². The number of hydrogen-bond donors (Lipinski definition) is 2. The van der Waals surface area contributed by atoms with Gasteiger partial charge in [0.05, 0.1) is 5.69 Å². The summed E-state index contributed by atoms with van der Waals surface area (Å²) in [5, 5.41) is 4.08. The number of rotatable bonds is 3. The van der Waals surface area contributed by atoms with Crippen LogP contribution in [0.15, 0.2) is 24.3 Å². The van der Waals surface area contributed by atoms with E-state index in [1.54, 1.807) is 0 Å². The van der Waals surface area contributed by atoms with Crippen LogP contribution in [0.3, 0.4) is 0 Å². The maximum atomic E-state index is 13.0. The van der Waals surface area contributed by atoms with Crippen LogP contribution < -0.4 is 16.0 Å². The van der Waals surface area contributed by atoms with Crippen LogP contribution in [-0.2, 0) is 12.8 Å². The minimum Gasteiger partial charge on any atom is -0.397 e. The van der Waals surface area contributed by atoms with Gasteiger partial charge in [-0.05, 0) is 81.0 Å². The van der Waals surface area contributed by atoms with Crippen molar-refractivity contribution in [3.05, 3.63) is 46.1 Å². The second-order valence-corrected chi connectivity index (χ2v) is 10.8. The van der Waals surface area contributed by atoms with Crippen LogP contribution in [0.5, 0.6) is 0 Å². The normalized spacial score (nSPS) is 24.5. The Hall–Kier alpha value is -2.67. The summed E-state index contributed by atoms with van der Waals surface area (Å²) in [6.07, 6.45) is 6.80. The molecule has 1 saturated carbocycles. The summed E-state index contributed by atoms with van der Waals surface area (Å²) in [6.45, 7) is 4.27. The summed E-state index contributed by atoms with van der Waals surface area (Å²) in [4.78, 5) is 26.5. The Bertz CT molecular complexity index is 1190. The van der Waals surface area contributed by atoms with E-state index in [4.69, 9.17) is 10.7 Å². The Balaban J connectivity index is 1.16. The predicted octanol–water partition coefficient (Wildman–Crippen LogP) is 4.11. The summed E-state index contributed by atoms with van der Waals surface area (Å²) in [7, 11) is 0. The second kappa shape index (κ2) is 7.73. The number of pyridine rings is 2. The van der Waals surface area contributed by atoms with E-state index in [1.807, 2.05) is 19.1 Å². The molecule has 2 unspecified atom stereocenters. The van der Waals surface area contributed by atoms with Crippen LogP contribution in [0, 0.1) is 18.8 Å². The van der Waals surface area contributed by atoms with Gasteiger partial charge < -0.3 is 16.0 Å². The first-order valence-corrected chi connectivity index (χ1v) is 12.6. The van der Waals surface area contributed by atoms with Crippen molar-refractivity contribution in [2.45, 2.75) is 51.5 Å². The van der Waals surface area contributed by atoms with Crippen molar-refractivity contribution < 1.29 is 4.79 Å². The number of nitrogens with two attached hydrogens (primary N) is 1. The Morgan fingerprint density at radius 3 is 2.75 bits per heavy atom. The van der Waals surface area contributed by atoms with Crippen LogP contribution in [0.2, 0.25) is 0 Å². The molecule has 3 aliphatic rings. The number of hydrogen-bond acceptors (Lipinski definition) is 6. The highest BCUT2D eigenvalue weighted by Gasteiger charge is 2.34. The molecule has 3 aromatic heterocycles. The number of nitrogens with one attached hydrogen (secondary N) is 1. The average Bonchev–Trinajstić information content (AvgIpc) is 3.30. The highest BCUT2D eigenvalue weighted by Crippen LogP contribution is 2.38. The maximum absolute atomic E-state index is 13.0. The summed E-state index contributed by atoms with van der Waals surface area (Å²) in [5.41, 5.74) is 10.2. The molecule has 7 heteroatoms. The number of nitrogen functional groups attached to an aromatic ring is 1. The van der Waals surface area contributed by atoms with Gasteiger partial charge in [-0.3, -0.25) is 4.79 Å². The van der Waals surface area contributed by atoms with E-state index in [0.29, 0.717) is 10.6 Å². The van der Waals surface area contributed by atoms with Gasteiger partial charge in [0.2, 0.25) is 0 Å². The molecule has 3 aromatic rings. The lowest BCUT2D eigenvalue weighted by atomic mass is 9.91. The van der Waals surface area contributed by atoms with E-state index < -0.39 is 0 Å². The molecule has 1 aliphatic heterocycles. The van der Waals surface area contributed by atoms with Crippen molar-refractivity contribution in [2.24, 2.45) is 11.8 Å². The van der Waals surface area contributed by atoms with Gasteiger partial charge in [-0.25, -0.2) is 9.97 Å². The maximum Gasteiger partial charge on any atom is 0.263 e. The zero-order chi connectivity index (χ0) is 21.8. The van der Waals surface area contributed by atoms with E-state index in [9.17, 15) is 4.79 Å². The zero-order valence-electron chi connectivity index (χ0n) is 18.4. The summed E-state index contributed by atoms with van der Waals surface area (Å²) in [5.74, 6) is 2.76. The van der Waals surface area contributed by atoms with Crippen LogP contribution in [0.1, 0.15) is 52.3 Å². The van der Waals surface area contributed by atoms with Crippen molar-refractivity contribution in [3.8, 4) is 0 Å². The molecule has 32 heavy (non-hydrogen) atoms. The van der Waals surface area contributed by atoms with Gasteiger partial charge in [-0.2, -0.15) is 0 Å². The highest BCUT2D eigenvalue weighted by atomic mass is 32.1. The van der Waals surface area contributed by atoms with Gasteiger partial charge in [0.15, 0.2) is 0 Å². The van der Waals surface area contributed by atoms with Gasteiger partial charge in [-0.15, -0.1) is 11.3 Å². The third-order valence-corrected chi connectivity index (χ3v) is 8.57. The van der Waals surface area contributed by atoms with E-state index in [-0.39, 0.29) is 11.9 Å².